The van der Waals surface area contributed by atoms with Crippen molar-refractivity contribution in [1.29, 1.82) is 0 Å². The number of benzene rings is 1. The minimum atomic E-state index is -4.66. The second-order valence-electron chi connectivity index (χ2n) is 5.05. The predicted molar refractivity (Wildman–Crippen MR) is 71.9 cm³/mol. The van der Waals surface area contributed by atoms with E-state index in [0.29, 0.717) is 12.1 Å². The molecule has 0 saturated heterocycles. The molecule has 1 rings (SSSR count). The third-order valence-electron chi connectivity index (χ3n) is 3.48. The maximum atomic E-state index is 13.3. The highest BCUT2D eigenvalue weighted by atomic mass is 19.4. The highest BCUT2D eigenvalue weighted by molar-refractivity contribution is 5.29. The number of alkyl halides is 3. The zero-order valence-electron chi connectivity index (χ0n) is 12.0. The first-order chi connectivity index (χ1) is 9.31. The zero-order valence-corrected chi connectivity index (χ0v) is 12.0. The lowest BCUT2D eigenvalue weighted by molar-refractivity contribution is -0.140. The normalized spacial score (nSPS) is 15.2. The van der Waals surface area contributed by atoms with Crippen molar-refractivity contribution in [2.45, 2.75) is 45.8 Å². The molecule has 0 amide bonds. The van der Waals surface area contributed by atoms with Gasteiger partial charge in [-0.3, -0.25) is 0 Å². The number of hydrogen-bond donors (Lipinski definition) is 1. The molecule has 0 heterocycles. The van der Waals surface area contributed by atoms with Crippen LogP contribution in [0.15, 0.2) is 18.2 Å². The zero-order chi connectivity index (χ0) is 15.3. The molecule has 114 valence electrons. The van der Waals surface area contributed by atoms with Gasteiger partial charge in [-0.05, 0) is 36.6 Å². The van der Waals surface area contributed by atoms with Crippen molar-refractivity contribution in [3.63, 3.8) is 0 Å². The summed E-state index contributed by atoms with van der Waals surface area (Å²) in [6.45, 7) is 6.67. The van der Waals surface area contributed by atoms with Crippen molar-refractivity contribution in [2.75, 3.05) is 6.54 Å². The maximum absolute atomic E-state index is 13.3. The Bertz CT molecular complexity index is 428. The summed E-state index contributed by atoms with van der Waals surface area (Å²) in [5, 5.41) is 3.24. The van der Waals surface area contributed by atoms with Crippen molar-refractivity contribution < 1.29 is 17.6 Å². The molecule has 20 heavy (non-hydrogen) atoms. The van der Waals surface area contributed by atoms with Gasteiger partial charge in [0, 0.05) is 6.04 Å². The lowest BCUT2D eigenvalue weighted by Gasteiger charge is -2.25. The molecule has 0 radical (unpaired) electrons. The van der Waals surface area contributed by atoms with Gasteiger partial charge < -0.3 is 5.32 Å². The van der Waals surface area contributed by atoms with Crippen LogP contribution < -0.4 is 5.32 Å². The quantitative estimate of drug-likeness (QED) is 0.733. The molecular weight excluding hydrogens is 270 g/mol. The summed E-state index contributed by atoms with van der Waals surface area (Å²) < 4.78 is 51.6. The molecule has 5 heteroatoms. The third kappa shape index (κ3) is 4.20. The Kier molecular flexibility index (Phi) is 5.99. The van der Waals surface area contributed by atoms with Crippen LogP contribution in [0.5, 0.6) is 0 Å². The van der Waals surface area contributed by atoms with Crippen LogP contribution in [0.4, 0.5) is 17.6 Å². The Hall–Kier alpha value is -1.10. The number of nitrogens with one attached hydrogen (secondary N) is 1. The summed E-state index contributed by atoms with van der Waals surface area (Å²) in [6, 6.07) is 3.07. The van der Waals surface area contributed by atoms with Crippen molar-refractivity contribution in [1.82, 2.24) is 5.32 Å². The summed E-state index contributed by atoms with van der Waals surface area (Å²) in [4.78, 5) is 0. The van der Waals surface area contributed by atoms with Crippen molar-refractivity contribution in [3.8, 4) is 0 Å². The highest BCUT2D eigenvalue weighted by Gasteiger charge is 2.35. The topological polar surface area (TPSA) is 12.0 Å². The second-order valence-corrected chi connectivity index (χ2v) is 5.05. The molecule has 0 aromatic heterocycles. The third-order valence-corrected chi connectivity index (χ3v) is 3.48. The van der Waals surface area contributed by atoms with Gasteiger partial charge in [-0.1, -0.05) is 33.3 Å². The standard InChI is InChI=1S/C15H21F4N/c1-4-8-20-14(10(3)5-2)11-6-7-13(16)12(9-11)15(17,18)19/h6-7,9-10,14,20H,4-5,8H2,1-3H3. The molecule has 0 spiro atoms. The van der Waals surface area contributed by atoms with E-state index in [1.165, 1.54) is 6.07 Å². The van der Waals surface area contributed by atoms with Crippen LogP contribution in [0.25, 0.3) is 0 Å². The van der Waals surface area contributed by atoms with Gasteiger partial charge >= 0.3 is 6.18 Å². The van der Waals surface area contributed by atoms with E-state index < -0.39 is 17.6 Å². The Morgan fingerprint density at radius 2 is 1.85 bits per heavy atom. The lowest BCUT2D eigenvalue weighted by atomic mass is 9.91. The minimum absolute atomic E-state index is 0.174. The number of rotatable bonds is 6. The average molecular weight is 291 g/mol. The van der Waals surface area contributed by atoms with E-state index in [4.69, 9.17) is 0 Å². The molecule has 0 fully saturated rings. The van der Waals surface area contributed by atoms with Gasteiger partial charge in [-0.2, -0.15) is 13.2 Å². The molecule has 0 saturated carbocycles. The largest absolute Gasteiger partial charge is 0.419 e. The summed E-state index contributed by atoms with van der Waals surface area (Å²) in [5.41, 5.74) is -0.705. The first-order valence-corrected chi connectivity index (χ1v) is 6.91. The first kappa shape index (κ1) is 17.0. The molecule has 1 nitrogen and oxygen atoms in total. The van der Waals surface area contributed by atoms with E-state index >= 15 is 0 Å². The monoisotopic (exact) mass is 291 g/mol. The lowest BCUT2D eigenvalue weighted by Crippen LogP contribution is -2.28. The fourth-order valence-corrected chi connectivity index (χ4v) is 2.14. The van der Waals surface area contributed by atoms with Crippen LogP contribution in [0.3, 0.4) is 0 Å². The fourth-order valence-electron chi connectivity index (χ4n) is 2.14. The molecule has 1 aromatic carbocycles. The van der Waals surface area contributed by atoms with Gasteiger partial charge in [0.2, 0.25) is 0 Å². The van der Waals surface area contributed by atoms with Crippen LogP contribution in [-0.4, -0.2) is 6.54 Å². The van der Waals surface area contributed by atoms with Crippen LogP contribution in [-0.2, 0) is 6.18 Å². The van der Waals surface area contributed by atoms with Crippen LogP contribution >= 0.6 is 0 Å². The summed E-state index contributed by atoms with van der Waals surface area (Å²) in [7, 11) is 0. The van der Waals surface area contributed by atoms with Crippen LogP contribution in [0.1, 0.15) is 50.8 Å². The van der Waals surface area contributed by atoms with Gasteiger partial charge in [-0.25, -0.2) is 4.39 Å². The van der Waals surface area contributed by atoms with Crippen LogP contribution in [0.2, 0.25) is 0 Å². The molecule has 0 aliphatic carbocycles. The van der Waals surface area contributed by atoms with Gasteiger partial charge in [0.05, 0.1) is 5.56 Å². The van der Waals surface area contributed by atoms with E-state index in [-0.39, 0.29) is 12.0 Å². The summed E-state index contributed by atoms with van der Waals surface area (Å²) in [6.07, 6.45) is -2.94. The molecule has 2 unspecified atom stereocenters. The second kappa shape index (κ2) is 7.07. The molecule has 1 aromatic rings. The van der Waals surface area contributed by atoms with Gasteiger partial charge in [0.15, 0.2) is 0 Å². The summed E-state index contributed by atoms with van der Waals surface area (Å²) in [5.74, 6) is -1.05. The van der Waals surface area contributed by atoms with E-state index in [1.807, 2.05) is 20.8 Å². The van der Waals surface area contributed by atoms with E-state index in [9.17, 15) is 17.6 Å². The molecule has 2 atom stereocenters. The van der Waals surface area contributed by atoms with Gasteiger partial charge in [0.1, 0.15) is 5.82 Å². The minimum Gasteiger partial charge on any atom is -0.310 e. The molecule has 0 bridgehead atoms. The Labute approximate surface area is 117 Å². The van der Waals surface area contributed by atoms with E-state index in [1.54, 1.807) is 0 Å². The molecule has 0 aliphatic heterocycles. The smallest absolute Gasteiger partial charge is 0.310 e. The SMILES string of the molecule is CCCNC(c1ccc(F)c(C(F)(F)F)c1)C(C)CC. The number of hydrogen-bond acceptors (Lipinski definition) is 1. The fraction of sp³-hybridized carbons (Fsp3) is 0.600. The average Bonchev–Trinajstić information content (AvgIpc) is 2.39. The Balaban J connectivity index is 3.14. The summed E-state index contributed by atoms with van der Waals surface area (Å²) >= 11 is 0. The molecular formula is C15H21F4N. The Morgan fingerprint density at radius 1 is 1.20 bits per heavy atom. The van der Waals surface area contributed by atoms with Crippen molar-refractivity contribution in [2.24, 2.45) is 5.92 Å². The van der Waals surface area contributed by atoms with Crippen LogP contribution in [0, 0.1) is 11.7 Å². The van der Waals surface area contributed by atoms with E-state index in [2.05, 4.69) is 5.32 Å². The van der Waals surface area contributed by atoms with E-state index in [0.717, 1.165) is 25.0 Å². The van der Waals surface area contributed by atoms with Gasteiger partial charge in [0.25, 0.3) is 0 Å². The highest BCUT2D eigenvalue weighted by Crippen LogP contribution is 2.34. The molecule has 1 N–H and O–H groups in total. The maximum Gasteiger partial charge on any atom is 0.419 e. The van der Waals surface area contributed by atoms with Crippen molar-refractivity contribution in [3.05, 3.63) is 35.1 Å². The number of halogens is 4. The first-order valence-electron chi connectivity index (χ1n) is 6.91. The predicted octanol–water partition coefficient (Wildman–Crippen LogP) is 4.93. The Morgan fingerprint density at radius 3 is 2.35 bits per heavy atom. The van der Waals surface area contributed by atoms with Crippen molar-refractivity contribution >= 4 is 0 Å². The van der Waals surface area contributed by atoms with Gasteiger partial charge in [-0.15, -0.1) is 0 Å². The molecule has 0 aliphatic rings.